The maximum atomic E-state index is 12.6. The zero-order valence-electron chi connectivity index (χ0n) is 10.9. The van der Waals surface area contributed by atoms with Gasteiger partial charge in [-0.3, -0.25) is 4.79 Å². The molecule has 0 unspecified atom stereocenters. The molecule has 3 rings (SSSR count). The molecule has 1 saturated carbocycles. The molecule has 20 heavy (non-hydrogen) atoms. The molecular formula is C16H15BrN2O. The van der Waals surface area contributed by atoms with Crippen molar-refractivity contribution in [3.63, 3.8) is 0 Å². The molecule has 3 N–H and O–H groups in total. The molecule has 1 amide bonds. The van der Waals surface area contributed by atoms with Crippen LogP contribution < -0.4 is 11.1 Å². The minimum absolute atomic E-state index is 0.0502. The van der Waals surface area contributed by atoms with Gasteiger partial charge in [-0.2, -0.15) is 0 Å². The molecule has 0 aromatic heterocycles. The molecular weight excluding hydrogens is 316 g/mol. The molecule has 3 nitrogen and oxygen atoms in total. The van der Waals surface area contributed by atoms with Crippen LogP contribution in [0.2, 0.25) is 0 Å². The summed E-state index contributed by atoms with van der Waals surface area (Å²) in [4.78, 5) is 12.6. The van der Waals surface area contributed by atoms with E-state index in [0.29, 0.717) is 0 Å². The molecule has 0 saturated heterocycles. The van der Waals surface area contributed by atoms with Crippen LogP contribution in [-0.4, -0.2) is 5.91 Å². The van der Waals surface area contributed by atoms with E-state index in [1.165, 1.54) is 0 Å². The molecule has 1 aliphatic rings. The van der Waals surface area contributed by atoms with Crippen LogP contribution in [0.5, 0.6) is 0 Å². The molecule has 1 aliphatic carbocycles. The average molecular weight is 331 g/mol. The van der Waals surface area contributed by atoms with E-state index < -0.39 is 0 Å². The van der Waals surface area contributed by atoms with E-state index in [1.807, 2.05) is 48.5 Å². The number of carbonyl (C=O) groups excluding carboxylic acids is 1. The van der Waals surface area contributed by atoms with Crippen molar-refractivity contribution in [1.29, 1.82) is 0 Å². The molecule has 0 atom stereocenters. The molecule has 4 heteroatoms. The number of hydrogen-bond donors (Lipinski definition) is 2. The van der Waals surface area contributed by atoms with Gasteiger partial charge in [-0.25, -0.2) is 0 Å². The third-order valence-electron chi connectivity index (χ3n) is 3.77. The lowest BCUT2D eigenvalue weighted by Gasteiger charge is -2.16. The molecule has 0 aliphatic heterocycles. The largest absolute Gasteiger partial charge is 0.399 e. The van der Waals surface area contributed by atoms with E-state index >= 15 is 0 Å². The Hall–Kier alpha value is -1.81. The summed E-state index contributed by atoms with van der Waals surface area (Å²) < 4.78 is 0.890. The zero-order valence-corrected chi connectivity index (χ0v) is 12.5. The Balaban J connectivity index is 1.84. The summed E-state index contributed by atoms with van der Waals surface area (Å²) in [6.45, 7) is 0. The monoisotopic (exact) mass is 330 g/mol. The second-order valence-electron chi connectivity index (χ2n) is 5.14. The topological polar surface area (TPSA) is 55.1 Å². The Labute approximate surface area is 126 Å². The van der Waals surface area contributed by atoms with Crippen molar-refractivity contribution >= 4 is 33.2 Å². The number of para-hydroxylation sites is 1. The first-order valence-electron chi connectivity index (χ1n) is 6.54. The Morgan fingerprint density at radius 1 is 1.10 bits per heavy atom. The van der Waals surface area contributed by atoms with Gasteiger partial charge in [0.05, 0.1) is 11.1 Å². The van der Waals surface area contributed by atoms with Crippen LogP contribution in [0.25, 0.3) is 0 Å². The maximum Gasteiger partial charge on any atom is 0.235 e. The smallest absolute Gasteiger partial charge is 0.235 e. The summed E-state index contributed by atoms with van der Waals surface area (Å²) in [6.07, 6.45) is 1.76. The lowest BCUT2D eigenvalue weighted by atomic mass is 9.94. The van der Waals surface area contributed by atoms with Gasteiger partial charge in [0.25, 0.3) is 0 Å². The van der Waals surface area contributed by atoms with Gasteiger partial charge in [0.15, 0.2) is 0 Å². The van der Waals surface area contributed by atoms with Gasteiger partial charge in [0.1, 0.15) is 0 Å². The number of nitrogens with one attached hydrogen (secondary N) is 1. The second-order valence-corrected chi connectivity index (χ2v) is 5.99. The van der Waals surface area contributed by atoms with Gasteiger partial charge in [-0.1, -0.05) is 24.3 Å². The molecule has 0 bridgehead atoms. The van der Waals surface area contributed by atoms with E-state index in [-0.39, 0.29) is 11.3 Å². The number of amides is 1. The fourth-order valence-electron chi connectivity index (χ4n) is 2.38. The van der Waals surface area contributed by atoms with Crippen molar-refractivity contribution in [2.45, 2.75) is 18.3 Å². The van der Waals surface area contributed by atoms with Gasteiger partial charge in [0.2, 0.25) is 5.91 Å². The first kappa shape index (κ1) is 13.2. The first-order chi connectivity index (χ1) is 9.62. The molecule has 0 heterocycles. The highest BCUT2D eigenvalue weighted by Gasteiger charge is 2.51. The average Bonchev–Trinajstić information content (AvgIpc) is 3.24. The minimum atomic E-state index is -0.386. The third-order valence-corrected chi connectivity index (χ3v) is 4.46. The van der Waals surface area contributed by atoms with Crippen LogP contribution in [0.3, 0.4) is 0 Å². The van der Waals surface area contributed by atoms with E-state index in [1.54, 1.807) is 0 Å². The number of carbonyl (C=O) groups is 1. The van der Waals surface area contributed by atoms with Crippen molar-refractivity contribution in [2.24, 2.45) is 0 Å². The normalized spacial score (nSPS) is 15.7. The quantitative estimate of drug-likeness (QED) is 0.843. The van der Waals surface area contributed by atoms with Crippen LogP contribution in [0.1, 0.15) is 18.4 Å². The first-order valence-corrected chi connectivity index (χ1v) is 7.33. The standard InChI is InChI=1S/C16H15BrN2O/c17-13-3-1-2-4-14(13)19-15(20)16(9-10-16)11-5-7-12(18)8-6-11/h1-8H,9-10,18H2,(H,19,20). The Morgan fingerprint density at radius 2 is 1.75 bits per heavy atom. The number of halogens is 1. The number of nitrogen functional groups attached to an aromatic ring is 1. The molecule has 2 aromatic carbocycles. The number of nitrogens with two attached hydrogens (primary N) is 1. The summed E-state index contributed by atoms with van der Waals surface area (Å²) >= 11 is 3.45. The lowest BCUT2D eigenvalue weighted by Crippen LogP contribution is -2.27. The Kier molecular flexibility index (Phi) is 3.26. The van der Waals surface area contributed by atoms with E-state index in [4.69, 9.17) is 5.73 Å². The fraction of sp³-hybridized carbons (Fsp3) is 0.188. The predicted molar refractivity (Wildman–Crippen MR) is 84.5 cm³/mol. The highest BCUT2D eigenvalue weighted by molar-refractivity contribution is 9.10. The van der Waals surface area contributed by atoms with Gasteiger partial charge in [-0.05, 0) is 58.6 Å². The zero-order chi connectivity index (χ0) is 14.2. The fourth-order valence-corrected chi connectivity index (χ4v) is 2.76. The van der Waals surface area contributed by atoms with Crippen molar-refractivity contribution in [3.05, 3.63) is 58.6 Å². The SMILES string of the molecule is Nc1ccc(C2(C(=O)Nc3ccccc3Br)CC2)cc1. The van der Waals surface area contributed by atoms with Crippen molar-refractivity contribution < 1.29 is 4.79 Å². The summed E-state index contributed by atoms with van der Waals surface area (Å²) in [7, 11) is 0. The molecule has 0 radical (unpaired) electrons. The molecule has 2 aromatic rings. The van der Waals surface area contributed by atoms with Crippen LogP contribution >= 0.6 is 15.9 Å². The maximum absolute atomic E-state index is 12.6. The highest BCUT2D eigenvalue weighted by Crippen LogP contribution is 2.49. The van der Waals surface area contributed by atoms with Crippen molar-refractivity contribution in [2.75, 3.05) is 11.1 Å². The van der Waals surface area contributed by atoms with Gasteiger partial charge in [-0.15, -0.1) is 0 Å². The molecule has 0 spiro atoms. The highest BCUT2D eigenvalue weighted by atomic mass is 79.9. The van der Waals surface area contributed by atoms with E-state index in [9.17, 15) is 4.79 Å². The summed E-state index contributed by atoms with van der Waals surface area (Å²) in [5, 5.41) is 3.01. The summed E-state index contributed by atoms with van der Waals surface area (Å²) in [6, 6.07) is 15.2. The van der Waals surface area contributed by atoms with Crippen molar-refractivity contribution in [1.82, 2.24) is 0 Å². The second kappa shape index (κ2) is 4.94. The number of hydrogen-bond acceptors (Lipinski definition) is 2. The van der Waals surface area contributed by atoms with E-state index in [0.717, 1.165) is 34.3 Å². The van der Waals surface area contributed by atoms with Crippen LogP contribution in [0.15, 0.2) is 53.0 Å². The Morgan fingerprint density at radius 3 is 2.35 bits per heavy atom. The lowest BCUT2D eigenvalue weighted by molar-refractivity contribution is -0.118. The minimum Gasteiger partial charge on any atom is -0.399 e. The third kappa shape index (κ3) is 2.31. The van der Waals surface area contributed by atoms with Gasteiger partial charge in [0, 0.05) is 10.2 Å². The number of anilines is 2. The molecule has 1 fully saturated rings. The van der Waals surface area contributed by atoms with Gasteiger partial charge < -0.3 is 11.1 Å². The summed E-state index contributed by atoms with van der Waals surface area (Å²) in [5.41, 5.74) is 7.88. The van der Waals surface area contributed by atoms with Crippen LogP contribution in [-0.2, 0) is 10.2 Å². The van der Waals surface area contributed by atoms with Crippen LogP contribution in [0.4, 0.5) is 11.4 Å². The Bertz CT molecular complexity index is 648. The van der Waals surface area contributed by atoms with Gasteiger partial charge >= 0.3 is 0 Å². The number of rotatable bonds is 3. The predicted octanol–water partition coefficient (Wildman–Crippen LogP) is 3.70. The van der Waals surface area contributed by atoms with E-state index in [2.05, 4.69) is 21.2 Å². The molecule has 102 valence electrons. The number of benzene rings is 2. The van der Waals surface area contributed by atoms with Crippen LogP contribution in [0, 0.1) is 0 Å². The van der Waals surface area contributed by atoms with Crippen molar-refractivity contribution in [3.8, 4) is 0 Å². The summed E-state index contributed by atoms with van der Waals surface area (Å²) in [5.74, 6) is 0.0502.